The van der Waals surface area contributed by atoms with Crippen molar-refractivity contribution in [1.82, 2.24) is 9.97 Å². The molecule has 0 saturated carbocycles. The minimum absolute atomic E-state index is 0. The molecule has 268 valence electrons. The van der Waals surface area contributed by atoms with Gasteiger partial charge in [-0.25, -0.2) is 19.6 Å². The van der Waals surface area contributed by atoms with E-state index in [1.807, 2.05) is 13.8 Å². The summed E-state index contributed by atoms with van der Waals surface area (Å²) in [5, 5.41) is 23.5. The summed E-state index contributed by atoms with van der Waals surface area (Å²) in [4.78, 5) is 34.8. The fraction of sp³-hybridized carbons (Fsp3) is 0.412. The second-order valence-electron chi connectivity index (χ2n) is 10.9. The highest BCUT2D eigenvalue weighted by Crippen LogP contribution is 2.43. The normalized spacial score (nSPS) is 10.4. The molecule has 4 amide bonds. The molecule has 0 aliphatic rings. The molecule has 4 rings (SSSR count). The Bertz CT molecular complexity index is 1650. The molecule has 2 aromatic carbocycles. The lowest BCUT2D eigenvalue weighted by atomic mass is 10.1. The van der Waals surface area contributed by atoms with Crippen LogP contribution in [0.1, 0.15) is 50.9 Å². The maximum Gasteiger partial charge on any atom is 0.319 e. The number of carbonyl (C=O) groups is 2. The number of aromatic hydroxyl groups is 2. The van der Waals surface area contributed by atoms with Crippen LogP contribution in [-0.4, -0.2) is 79.2 Å². The number of fused-ring (bicyclic) bond motifs is 2. The van der Waals surface area contributed by atoms with E-state index in [1.54, 1.807) is 52.3 Å². The maximum atomic E-state index is 11.9. The summed E-state index contributed by atoms with van der Waals surface area (Å²) in [5.74, 6) is 1.62. The van der Waals surface area contributed by atoms with Crippen LogP contribution in [0.2, 0.25) is 0 Å². The molecule has 2 heterocycles. The Morgan fingerprint density at radius 3 is 1.16 bits per heavy atom. The topological polar surface area (TPSA) is 227 Å². The van der Waals surface area contributed by atoms with E-state index < -0.39 is 12.1 Å². The Morgan fingerprint density at radius 2 is 0.918 bits per heavy atom. The lowest BCUT2D eigenvalue weighted by Gasteiger charge is -2.23. The number of amides is 4. The van der Waals surface area contributed by atoms with Crippen LogP contribution in [0, 0.1) is 13.8 Å². The highest BCUT2D eigenvalue weighted by molar-refractivity contribution is 6.07. The zero-order valence-corrected chi connectivity index (χ0v) is 29.3. The average molecular weight is 685 g/mol. The molecule has 0 radical (unpaired) electrons. The number of aryl methyl sites for hydroxylation is 2. The van der Waals surface area contributed by atoms with E-state index in [0.29, 0.717) is 58.2 Å². The summed E-state index contributed by atoms with van der Waals surface area (Å²) in [6.07, 6.45) is 3.29. The molecule has 0 unspecified atom stereocenters. The highest BCUT2D eigenvalue weighted by Gasteiger charge is 2.24. The van der Waals surface area contributed by atoms with E-state index >= 15 is 0 Å². The highest BCUT2D eigenvalue weighted by atomic mass is 16.5. The molecule has 49 heavy (non-hydrogen) atoms. The summed E-state index contributed by atoms with van der Waals surface area (Å²) in [6, 6.07) is 5.72. The molecule has 2 aromatic heterocycles. The van der Waals surface area contributed by atoms with Crippen molar-refractivity contribution in [3.63, 3.8) is 0 Å². The number of primary amides is 2. The number of nitrogens with two attached hydrogens (primary N) is 2. The molecule has 0 aliphatic carbocycles. The minimum atomic E-state index is -0.638. The Morgan fingerprint density at radius 1 is 0.633 bits per heavy atom. The van der Waals surface area contributed by atoms with Gasteiger partial charge < -0.3 is 46.1 Å². The van der Waals surface area contributed by atoms with Crippen LogP contribution in [0.4, 0.5) is 21.0 Å². The zero-order chi connectivity index (χ0) is 35.7. The predicted molar refractivity (Wildman–Crippen MR) is 190 cm³/mol. The van der Waals surface area contributed by atoms with Gasteiger partial charge in [-0.15, -0.1) is 0 Å². The molecule has 0 aliphatic heterocycles. The Labute approximate surface area is 285 Å². The largest absolute Gasteiger partial charge is 0.493 e. The van der Waals surface area contributed by atoms with Gasteiger partial charge in [-0.3, -0.25) is 9.80 Å². The van der Waals surface area contributed by atoms with Crippen LogP contribution in [0.25, 0.3) is 21.5 Å². The third-order valence-corrected chi connectivity index (χ3v) is 7.85. The maximum absolute atomic E-state index is 11.9. The molecule has 15 nitrogen and oxygen atoms in total. The smallest absolute Gasteiger partial charge is 0.319 e. The average Bonchev–Trinajstić information content (AvgIpc) is 3.06. The number of nitrogens with zero attached hydrogens (tertiary/aromatic N) is 4. The number of urea groups is 2. The molecule has 0 spiro atoms. The van der Waals surface area contributed by atoms with E-state index in [9.17, 15) is 19.8 Å². The molecule has 0 atom stereocenters. The van der Waals surface area contributed by atoms with Gasteiger partial charge in [0.1, 0.15) is 11.4 Å². The first-order valence-corrected chi connectivity index (χ1v) is 15.5. The van der Waals surface area contributed by atoms with Crippen molar-refractivity contribution in [2.24, 2.45) is 11.5 Å². The van der Waals surface area contributed by atoms with Crippen molar-refractivity contribution in [1.29, 1.82) is 0 Å². The van der Waals surface area contributed by atoms with E-state index in [4.69, 9.17) is 30.4 Å². The summed E-state index contributed by atoms with van der Waals surface area (Å²) >= 11 is 0. The third kappa shape index (κ3) is 8.54. The number of methoxy groups -OCH3 is 4. The summed E-state index contributed by atoms with van der Waals surface area (Å²) in [6.45, 7) is 8.37. The Hall–Kier alpha value is -5.44. The van der Waals surface area contributed by atoms with Crippen LogP contribution < -0.4 is 40.2 Å². The van der Waals surface area contributed by atoms with Crippen LogP contribution in [0.15, 0.2) is 24.3 Å². The summed E-state index contributed by atoms with van der Waals surface area (Å²) in [7, 11) is 6.15. The first-order chi connectivity index (χ1) is 22.9. The number of ether oxygens (including phenoxy) is 4. The third-order valence-electron chi connectivity index (χ3n) is 7.85. The monoisotopic (exact) mass is 684 g/mol. The molecular weight excluding hydrogens is 636 g/mol. The number of hydrogen-bond acceptors (Lipinski definition) is 10. The fourth-order valence-corrected chi connectivity index (χ4v) is 5.36. The van der Waals surface area contributed by atoms with Crippen molar-refractivity contribution >= 4 is 45.0 Å². The van der Waals surface area contributed by atoms with Gasteiger partial charge in [0.05, 0.1) is 28.4 Å². The SMILES string of the molecule is CCCCN(C(N)=O)c1c(O)nc(C)c2cc(OC)c(OC)cc12.CCCCN(C(N)=O)c1c(O)nc(C)c2cc(OC)c(OC)cc12.O. The number of benzene rings is 2. The minimum Gasteiger partial charge on any atom is -0.493 e. The zero-order valence-electron chi connectivity index (χ0n) is 29.3. The van der Waals surface area contributed by atoms with Crippen LogP contribution in [0.5, 0.6) is 34.8 Å². The number of pyridine rings is 2. The molecule has 0 fully saturated rings. The lowest BCUT2D eigenvalue weighted by molar-refractivity contribution is 0.252. The summed E-state index contributed by atoms with van der Waals surface area (Å²) < 4.78 is 21.3. The van der Waals surface area contributed by atoms with Gasteiger partial charge >= 0.3 is 12.1 Å². The molecular formula is C34H48N6O9. The molecule has 0 bridgehead atoms. The molecule has 4 aromatic rings. The standard InChI is InChI=1S/2C17H23N3O4.H2O/c2*1-5-6-7-20(17(18)22)15-12-9-14(24-4)13(23-3)8-11(12)10(2)19-16(15)21;/h2*8-9H,5-7H2,1-4H3,(H2,18,22)(H,19,21);1H2. The Balaban J connectivity index is 0.000000333. The first kappa shape index (κ1) is 39.7. The van der Waals surface area contributed by atoms with Crippen LogP contribution in [-0.2, 0) is 0 Å². The van der Waals surface area contributed by atoms with Gasteiger partial charge in [0.15, 0.2) is 23.0 Å². The molecule has 15 heteroatoms. The quantitative estimate of drug-likeness (QED) is 0.155. The Kier molecular flexibility index (Phi) is 14.3. The van der Waals surface area contributed by atoms with Gasteiger partial charge in [0, 0.05) is 46.0 Å². The van der Waals surface area contributed by atoms with Gasteiger partial charge in [0.2, 0.25) is 11.8 Å². The van der Waals surface area contributed by atoms with Crippen LogP contribution >= 0.6 is 0 Å². The van der Waals surface area contributed by atoms with Gasteiger partial charge in [-0.1, -0.05) is 26.7 Å². The van der Waals surface area contributed by atoms with Crippen molar-refractivity contribution < 1.29 is 44.2 Å². The van der Waals surface area contributed by atoms with Crippen molar-refractivity contribution in [2.75, 3.05) is 51.3 Å². The number of anilines is 2. The van der Waals surface area contributed by atoms with Crippen molar-refractivity contribution in [2.45, 2.75) is 53.4 Å². The molecule has 8 N–H and O–H groups in total. The van der Waals surface area contributed by atoms with Gasteiger partial charge in [0.25, 0.3) is 0 Å². The fourth-order valence-electron chi connectivity index (χ4n) is 5.36. The second kappa shape index (κ2) is 17.6. The van der Waals surface area contributed by atoms with Gasteiger partial charge in [-0.2, -0.15) is 0 Å². The van der Waals surface area contributed by atoms with E-state index in [2.05, 4.69) is 9.97 Å². The van der Waals surface area contributed by atoms with E-state index in [-0.39, 0.29) is 28.6 Å². The number of aromatic nitrogens is 2. The first-order valence-electron chi connectivity index (χ1n) is 15.5. The van der Waals surface area contributed by atoms with Crippen molar-refractivity contribution in [3.05, 3.63) is 35.7 Å². The van der Waals surface area contributed by atoms with Gasteiger partial charge in [-0.05, 0) is 51.0 Å². The van der Waals surface area contributed by atoms with Crippen LogP contribution in [0.3, 0.4) is 0 Å². The van der Waals surface area contributed by atoms with Crippen molar-refractivity contribution in [3.8, 4) is 34.8 Å². The number of hydrogen-bond donors (Lipinski definition) is 4. The summed E-state index contributed by atoms with van der Waals surface area (Å²) in [5.41, 5.74) is 12.9. The van der Waals surface area contributed by atoms with E-state index in [1.165, 1.54) is 24.0 Å². The molecule has 0 saturated heterocycles. The second-order valence-corrected chi connectivity index (χ2v) is 10.9. The number of carbonyl (C=O) groups excluding carboxylic acids is 2. The van der Waals surface area contributed by atoms with E-state index in [0.717, 1.165) is 36.5 Å². The predicted octanol–water partition coefficient (Wildman–Crippen LogP) is 5.08. The number of unbranched alkanes of at least 4 members (excludes halogenated alkanes) is 2. The number of rotatable bonds is 12. The lowest BCUT2D eigenvalue weighted by Crippen LogP contribution is -2.36.